The summed E-state index contributed by atoms with van der Waals surface area (Å²) in [6, 6.07) is 15.3. The van der Waals surface area contributed by atoms with Crippen molar-refractivity contribution >= 4 is 39.8 Å². The molecule has 0 aliphatic carbocycles. The number of aryl methyl sites for hydroxylation is 1. The van der Waals surface area contributed by atoms with Gasteiger partial charge in [-0.3, -0.25) is 4.79 Å². The number of amides is 1. The fourth-order valence-corrected chi connectivity index (χ4v) is 3.79. The third-order valence-corrected chi connectivity index (χ3v) is 5.19. The zero-order valence-corrected chi connectivity index (χ0v) is 16.1. The van der Waals surface area contributed by atoms with Crippen LogP contribution in [-0.4, -0.2) is 24.0 Å². The molecule has 1 fully saturated rings. The fraction of sp³-hybridized carbons (Fsp3) is 0.273. The van der Waals surface area contributed by atoms with E-state index in [-0.39, 0.29) is 5.91 Å². The van der Waals surface area contributed by atoms with Crippen LogP contribution in [0.1, 0.15) is 35.3 Å². The van der Waals surface area contributed by atoms with Gasteiger partial charge in [0.25, 0.3) is 5.91 Å². The normalized spacial score (nSPS) is 14.4. The fourth-order valence-electron chi connectivity index (χ4n) is 3.60. The van der Waals surface area contributed by atoms with Gasteiger partial charge in [-0.2, -0.15) is 0 Å². The molecule has 1 N–H and O–H groups in total. The molecule has 0 atom stereocenters. The summed E-state index contributed by atoms with van der Waals surface area (Å²) in [4.78, 5) is 19.8. The van der Waals surface area contributed by atoms with Crippen LogP contribution in [0.25, 0.3) is 10.9 Å². The molecule has 5 heteroatoms. The molecule has 1 saturated heterocycles. The second-order valence-electron chi connectivity index (χ2n) is 7.06. The molecule has 138 valence electrons. The van der Waals surface area contributed by atoms with Crippen molar-refractivity contribution in [3.8, 4) is 0 Å². The second kappa shape index (κ2) is 7.57. The molecule has 1 aliphatic rings. The largest absolute Gasteiger partial charge is 0.371 e. The molecule has 4 rings (SSSR count). The summed E-state index contributed by atoms with van der Waals surface area (Å²) in [7, 11) is 0. The summed E-state index contributed by atoms with van der Waals surface area (Å²) in [5.41, 5.74) is 4.22. The van der Waals surface area contributed by atoms with Gasteiger partial charge in [-0.25, -0.2) is 4.98 Å². The molecule has 3 aromatic rings. The summed E-state index contributed by atoms with van der Waals surface area (Å²) >= 11 is 6.02. The molecule has 1 aromatic heterocycles. The first kappa shape index (κ1) is 17.8. The number of nitrogens with one attached hydrogen (secondary N) is 1. The first-order valence-corrected chi connectivity index (χ1v) is 9.71. The predicted octanol–water partition coefficient (Wildman–Crippen LogP) is 5.44. The smallest absolute Gasteiger partial charge is 0.274 e. The number of carbonyl (C=O) groups is 1. The second-order valence-corrected chi connectivity index (χ2v) is 7.50. The Morgan fingerprint density at radius 2 is 1.89 bits per heavy atom. The highest BCUT2D eigenvalue weighted by Crippen LogP contribution is 2.30. The zero-order chi connectivity index (χ0) is 18.8. The Morgan fingerprint density at radius 1 is 1.07 bits per heavy atom. The van der Waals surface area contributed by atoms with Gasteiger partial charge in [-0.15, -0.1) is 0 Å². The lowest BCUT2D eigenvalue weighted by Crippen LogP contribution is -2.30. The van der Waals surface area contributed by atoms with E-state index in [1.165, 1.54) is 24.8 Å². The number of rotatable bonds is 3. The van der Waals surface area contributed by atoms with Crippen molar-refractivity contribution in [1.29, 1.82) is 0 Å². The SMILES string of the molecule is Cc1ccc2nc(C(=O)Nc3cccc(Cl)c3)cc(N3CCCCC3)c2c1. The van der Waals surface area contributed by atoms with Crippen LogP contribution in [0.4, 0.5) is 11.4 Å². The maximum Gasteiger partial charge on any atom is 0.274 e. The molecule has 0 bridgehead atoms. The van der Waals surface area contributed by atoms with Gasteiger partial charge in [0.05, 0.1) is 5.52 Å². The highest BCUT2D eigenvalue weighted by Gasteiger charge is 2.18. The average Bonchev–Trinajstić information content (AvgIpc) is 2.68. The molecular formula is C22H22ClN3O. The molecule has 0 spiro atoms. The van der Waals surface area contributed by atoms with E-state index in [9.17, 15) is 4.79 Å². The van der Waals surface area contributed by atoms with E-state index >= 15 is 0 Å². The summed E-state index contributed by atoms with van der Waals surface area (Å²) in [6.07, 6.45) is 3.63. The third-order valence-electron chi connectivity index (χ3n) is 4.95. The average molecular weight is 380 g/mol. The van der Waals surface area contributed by atoms with Gasteiger partial charge < -0.3 is 10.2 Å². The van der Waals surface area contributed by atoms with Crippen LogP contribution < -0.4 is 10.2 Å². The zero-order valence-electron chi connectivity index (χ0n) is 15.3. The lowest BCUT2D eigenvalue weighted by atomic mass is 10.1. The van der Waals surface area contributed by atoms with Gasteiger partial charge in [-0.1, -0.05) is 29.3 Å². The number of fused-ring (bicyclic) bond motifs is 1. The van der Waals surface area contributed by atoms with Crippen LogP contribution in [0.2, 0.25) is 5.02 Å². The van der Waals surface area contributed by atoms with E-state index < -0.39 is 0 Å². The Bertz CT molecular complexity index is 996. The maximum absolute atomic E-state index is 12.8. The molecule has 0 unspecified atom stereocenters. The van der Waals surface area contributed by atoms with Gasteiger partial charge in [-0.05, 0) is 62.6 Å². The Labute approximate surface area is 164 Å². The summed E-state index contributed by atoms with van der Waals surface area (Å²) in [5, 5.41) is 4.60. The number of aromatic nitrogens is 1. The number of benzene rings is 2. The molecule has 0 saturated carbocycles. The summed E-state index contributed by atoms with van der Waals surface area (Å²) in [5.74, 6) is -0.224. The Kier molecular flexibility index (Phi) is 4.99. The standard InChI is InChI=1S/C22H22ClN3O/c1-15-8-9-19-18(12-15)21(26-10-3-2-4-11-26)14-20(25-19)22(27)24-17-7-5-6-16(23)13-17/h5-9,12-14H,2-4,10-11H2,1H3,(H,24,27). The van der Waals surface area contributed by atoms with Crippen LogP contribution >= 0.6 is 11.6 Å². The molecule has 2 aromatic carbocycles. The quantitative estimate of drug-likeness (QED) is 0.659. The van der Waals surface area contributed by atoms with Crippen LogP contribution in [0.5, 0.6) is 0 Å². The minimum absolute atomic E-state index is 0.224. The topological polar surface area (TPSA) is 45.2 Å². The van der Waals surface area contributed by atoms with Crippen molar-refractivity contribution in [1.82, 2.24) is 4.98 Å². The molecule has 1 aliphatic heterocycles. The molecule has 2 heterocycles. The first-order valence-electron chi connectivity index (χ1n) is 9.33. The third kappa shape index (κ3) is 3.91. The van der Waals surface area contributed by atoms with E-state index in [4.69, 9.17) is 11.6 Å². The van der Waals surface area contributed by atoms with Crippen LogP contribution in [0.15, 0.2) is 48.5 Å². The van der Waals surface area contributed by atoms with E-state index in [0.717, 1.165) is 29.7 Å². The van der Waals surface area contributed by atoms with E-state index in [0.29, 0.717) is 16.4 Å². The Balaban J connectivity index is 1.74. The van der Waals surface area contributed by atoms with Gasteiger partial charge in [0, 0.05) is 34.9 Å². The number of hydrogen-bond donors (Lipinski definition) is 1. The number of nitrogens with zero attached hydrogens (tertiary/aromatic N) is 2. The minimum Gasteiger partial charge on any atom is -0.371 e. The summed E-state index contributed by atoms with van der Waals surface area (Å²) < 4.78 is 0. The van der Waals surface area contributed by atoms with Crippen molar-refractivity contribution in [2.45, 2.75) is 26.2 Å². The number of pyridine rings is 1. The van der Waals surface area contributed by atoms with Gasteiger partial charge in [0.2, 0.25) is 0 Å². The number of carbonyl (C=O) groups excluding carboxylic acids is 1. The Morgan fingerprint density at radius 3 is 2.67 bits per heavy atom. The predicted molar refractivity (Wildman–Crippen MR) is 112 cm³/mol. The summed E-state index contributed by atoms with van der Waals surface area (Å²) in [6.45, 7) is 4.12. The maximum atomic E-state index is 12.8. The minimum atomic E-state index is -0.224. The molecule has 0 radical (unpaired) electrons. The number of hydrogen-bond acceptors (Lipinski definition) is 3. The highest BCUT2D eigenvalue weighted by atomic mass is 35.5. The molecule has 1 amide bonds. The van der Waals surface area contributed by atoms with Gasteiger partial charge >= 0.3 is 0 Å². The van der Waals surface area contributed by atoms with Crippen molar-refractivity contribution in [2.24, 2.45) is 0 Å². The monoisotopic (exact) mass is 379 g/mol. The van der Waals surface area contributed by atoms with Crippen molar-refractivity contribution in [2.75, 3.05) is 23.3 Å². The molecule has 27 heavy (non-hydrogen) atoms. The van der Waals surface area contributed by atoms with Crippen molar-refractivity contribution in [3.05, 3.63) is 64.8 Å². The van der Waals surface area contributed by atoms with Crippen LogP contribution in [-0.2, 0) is 0 Å². The van der Waals surface area contributed by atoms with Crippen molar-refractivity contribution < 1.29 is 4.79 Å². The van der Waals surface area contributed by atoms with Crippen LogP contribution in [0.3, 0.4) is 0 Å². The number of halogens is 1. The van der Waals surface area contributed by atoms with Crippen molar-refractivity contribution in [3.63, 3.8) is 0 Å². The lowest BCUT2D eigenvalue weighted by Gasteiger charge is -2.30. The first-order chi connectivity index (χ1) is 13.1. The van der Waals surface area contributed by atoms with Crippen LogP contribution in [0, 0.1) is 6.92 Å². The number of anilines is 2. The molecule has 4 nitrogen and oxygen atoms in total. The van der Waals surface area contributed by atoms with E-state index in [1.54, 1.807) is 12.1 Å². The van der Waals surface area contributed by atoms with Gasteiger partial charge in [0.15, 0.2) is 0 Å². The Hall–Kier alpha value is -2.59. The van der Waals surface area contributed by atoms with Gasteiger partial charge in [0.1, 0.15) is 5.69 Å². The lowest BCUT2D eigenvalue weighted by molar-refractivity contribution is 0.102. The van der Waals surface area contributed by atoms with E-state index in [2.05, 4.69) is 28.2 Å². The van der Waals surface area contributed by atoms with E-state index in [1.807, 2.05) is 30.3 Å². The highest BCUT2D eigenvalue weighted by molar-refractivity contribution is 6.31. The number of piperidine rings is 1. The molecular weight excluding hydrogens is 358 g/mol.